The summed E-state index contributed by atoms with van der Waals surface area (Å²) in [7, 11) is -2.12. The van der Waals surface area contributed by atoms with E-state index in [1.807, 2.05) is 73.7 Å². The molecule has 0 bridgehead atoms. The number of para-hydroxylation sites is 1. The molecule has 0 spiro atoms. The molecule has 1 heterocycles. The van der Waals surface area contributed by atoms with Crippen LogP contribution in [0, 0.1) is 5.41 Å². The summed E-state index contributed by atoms with van der Waals surface area (Å²) in [5.74, 6) is 0.235. The molecule has 0 aromatic heterocycles. The third kappa shape index (κ3) is 4.32. The Bertz CT molecular complexity index is 1240. The van der Waals surface area contributed by atoms with Crippen molar-refractivity contribution in [3.8, 4) is 5.75 Å². The van der Waals surface area contributed by atoms with Crippen LogP contribution in [-0.4, -0.2) is 33.7 Å². The Hall–Kier alpha value is -3.38. The summed E-state index contributed by atoms with van der Waals surface area (Å²) in [6, 6.07) is 25.2. The highest BCUT2D eigenvalue weighted by Crippen LogP contribution is 2.42. The molecular weight excluding hydrogens is 422 g/mol. The Labute approximate surface area is 188 Å². The molecule has 5 nitrogen and oxygen atoms in total. The van der Waals surface area contributed by atoms with E-state index in [0.29, 0.717) is 11.3 Å². The van der Waals surface area contributed by atoms with Crippen LogP contribution in [0.25, 0.3) is 6.08 Å². The lowest BCUT2D eigenvalue weighted by molar-refractivity contribution is -0.114. The van der Waals surface area contributed by atoms with Gasteiger partial charge in [0.1, 0.15) is 5.75 Å². The fourth-order valence-corrected chi connectivity index (χ4v) is 5.89. The lowest BCUT2D eigenvalue weighted by atomic mass is 9.85. The maximum absolute atomic E-state index is 13.5. The van der Waals surface area contributed by atoms with Crippen LogP contribution in [0.1, 0.15) is 12.5 Å². The predicted octanol–water partition coefficient (Wildman–Crippen LogP) is 4.61. The third-order valence-electron chi connectivity index (χ3n) is 5.74. The average Bonchev–Trinajstić information content (AvgIpc) is 3.04. The van der Waals surface area contributed by atoms with Crippen molar-refractivity contribution >= 4 is 27.5 Å². The normalized spacial score (nSPS) is 20.0. The van der Waals surface area contributed by atoms with E-state index in [-0.39, 0.29) is 23.1 Å². The third-order valence-corrected chi connectivity index (χ3v) is 7.75. The molecule has 3 aromatic carbocycles. The van der Waals surface area contributed by atoms with E-state index in [1.165, 1.54) is 7.11 Å². The van der Waals surface area contributed by atoms with Gasteiger partial charge in [-0.25, -0.2) is 8.42 Å². The van der Waals surface area contributed by atoms with Crippen LogP contribution in [0.2, 0.25) is 0 Å². The second kappa shape index (κ2) is 8.63. The van der Waals surface area contributed by atoms with Gasteiger partial charge < -0.3 is 9.64 Å². The van der Waals surface area contributed by atoms with Gasteiger partial charge in [0, 0.05) is 23.2 Å². The fraction of sp³-hybridized carbons (Fsp3) is 0.192. The molecule has 0 radical (unpaired) electrons. The fourth-order valence-electron chi connectivity index (χ4n) is 4.09. The van der Waals surface area contributed by atoms with Gasteiger partial charge in [-0.2, -0.15) is 0 Å². The molecule has 1 aliphatic heterocycles. The molecule has 32 heavy (non-hydrogen) atoms. The number of rotatable bonds is 6. The second-order valence-electron chi connectivity index (χ2n) is 8.19. The van der Waals surface area contributed by atoms with Crippen LogP contribution >= 0.6 is 0 Å². The zero-order valence-corrected chi connectivity index (χ0v) is 18.9. The van der Waals surface area contributed by atoms with Crippen molar-refractivity contribution < 1.29 is 17.9 Å². The molecule has 1 aliphatic rings. The van der Waals surface area contributed by atoms with Crippen LogP contribution < -0.4 is 9.64 Å². The molecule has 1 saturated heterocycles. The molecule has 1 atom stereocenters. The van der Waals surface area contributed by atoms with Crippen molar-refractivity contribution in [1.29, 1.82) is 0 Å². The van der Waals surface area contributed by atoms with E-state index in [0.717, 1.165) is 11.3 Å². The molecule has 6 heteroatoms. The number of nitrogens with zero attached hydrogens (tertiary/aromatic N) is 1. The highest BCUT2D eigenvalue weighted by Gasteiger charge is 2.47. The van der Waals surface area contributed by atoms with E-state index in [1.54, 1.807) is 29.2 Å². The minimum Gasteiger partial charge on any atom is -0.497 e. The molecule has 0 saturated carbocycles. The largest absolute Gasteiger partial charge is 0.497 e. The Kier molecular flexibility index (Phi) is 5.89. The topological polar surface area (TPSA) is 63.7 Å². The first kappa shape index (κ1) is 21.8. The summed E-state index contributed by atoms with van der Waals surface area (Å²) in [5, 5.41) is 0. The average molecular weight is 448 g/mol. The summed E-state index contributed by atoms with van der Waals surface area (Å²) < 4.78 is 31.8. The van der Waals surface area contributed by atoms with Crippen molar-refractivity contribution in [2.45, 2.75) is 11.8 Å². The molecule has 1 amide bonds. The van der Waals surface area contributed by atoms with Gasteiger partial charge in [0.2, 0.25) is 0 Å². The molecular formula is C26H25NO4S. The van der Waals surface area contributed by atoms with Crippen molar-refractivity contribution in [2.24, 2.45) is 5.41 Å². The molecule has 1 unspecified atom stereocenters. The zero-order chi connectivity index (χ0) is 22.8. The monoisotopic (exact) mass is 447 g/mol. The van der Waals surface area contributed by atoms with Gasteiger partial charge >= 0.3 is 0 Å². The SMILES string of the molecule is COc1ccc(S(=O)(=O)CC2(C)CN(c3ccccc3)C(=O)/C2=C/c2ccccc2)cc1. The van der Waals surface area contributed by atoms with Crippen molar-refractivity contribution in [3.05, 3.63) is 96.1 Å². The Morgan fingerprint density at radius 1 is 0.938 bits per heavy atom. The highest BCUT2D eigenvalue weighted by molar-refractivity contribution is 7.91. The first-order chi connectivity index (χ1) is 15.3. The second-order valence-corrected chi connectivity index (χ2v) is 10.2. The van der Waals surface area contributed by atoms with Crippen molar-refractivity contribution in [2.75, 3.05) is 24.3 Å². The van der Waals surface area contributed by atoms with Gasteiger partial charge in [0.15, 0.2) is 9.84 Å². The number of anilines is 1. The smallest absolute Gasteiger partial charge is 0.254 e. The Balaban J connectivity index is 1.75. The van der Waals surface area contributed by atoms with Crippen molar-refractivity contribution in [1.82, 2.24) is 0 Å². The Morgan fingerprint density at radius 2 is 1.53 bits per heavy atom. The molecule has 0 N–H and O–H groups in total. The maximum atomic E-state index is 13.5. The van der Waals surface area contributed by atoms with Gasteiger partial charge in [-0.3, -0.25) is 4.79 Å². The Morgan fingerprint density at radius 3 is 2.12 bits per heavy atom. The summed E-state index contributed by atoms with van der Waals surface area (Å²) in [5.41, 5.74) is 1.21. The quantitative estimate of drug-likeness (QED) is 0.518. The standard InChI is InChI=1S/C26H25NO4S/c1-26(19-32(29,30)23-15-13-22(31-2)14-16-23)18-27(21-11-7-4-8-12-21)25(28)24(26)17-20-9-5-3-6-10-20/h3-17H,18-19H2,1-2H3/b24-17-. The van der Waals surface area contributed by atoms with Gasteiger partial charge in [0.05, 0.1) is 17.8 Å². The zero-order valence-electron chi connectivity index (χ0n) is 18.1. The number of sulfone groups is 1. The van der Waals surface area contributed by atoms with Gasteiger partial charge in [-0.05, 0) is 48.0 Å². The number of hydrogen-bond donors (Lipinski definition) is 0. The van der Waals surface area contributed by atoms with Gasteiger partial charge in [-0.1, -0.05) is 55.5 Å². The lowest BCUT2D eigenvalue weighted by Crippen LogP contribution is -2.32. The number of amides is 1. The number of methoxy groups -OCH3 is 1. The number of ether oxygens (including phenoxy) is 1. The van der Waals surface area contributed by atoms with Crippen molar-refractivity contribution in [3.63, 3.8) is 0 Å². The highest BCUT2D eigenvalue weighted by atomic mass is 32.2. The van der Waals surface area contributed by atoms with E-state index in [2.05, 4.69) is 0 Å². The van der Waals surface area contributed by atoms with E-state index >= 15 is 0 Å². The predicted molar refractivity (Wildman–Crippen MR) is 126 cm³/mol. The first-order valence-electron chi connectivity index (χ1n) is 10.3. The summed E-state index contributed by atoms with van der Waals surface area (Å²) in [4.78, 5) is 15.4. The van der Waals surface area contributed by atoms with Crippen LogP contribution in [0.15, 0.2) is 95.4 Å². The van der Waals surface area contributed by atoms with E-state index < -0.39 is 15.3 Å². The molecule has 1 fully saturated rings. The van der Waals surface area contributed by atoms with Crippen LogP contribution in [-0.2, 0) is 14.6 Å². The molecule has 0 aliphatic carbocycles. The number of carbonyl (C=O) groups excluding carboxylic acids is 1. The number of hydrogen-bond acceptors (Lipinski definition) is 4. The lowest BCUT2D eigenvalue weighted by Gasteiger charge is -2.25. The number of benzene rings is 3. The summed E-state index contributed by atoms with van der Waals surface area (Å²) in [6.45, 7) is 2.13. The van der Waals surface area contributed by atoms with E-state index in [4.69, 9.17) is 4.74 Å². The van der Waals surface area contributed by atoms with Crippen LogP contribution in [0.4, 0.5) is 5.69 Å². The molecule has 3 aromatic rings. The minimum atomic E-state index is -3.66. The van der Waals surface area contributed by atoms with E-state index in [9.17, 15) is 13.2 Å². The first-order valence-corrected chi connectivity index (χ1v) is 12.0. The summed E-state index contributed by atoms with van der Waals surface area (Å²) >= 11 is 0. The minimum absolute atomic E-state index is 0.174. The van der Waals surface area contributed by atoms with Gasteiger partial charge in [0.25, 0.3) is 5.91 Å². The van der Waals surface area contributed by atoms with Crippen LogP contribution in [0.3, 0.4) is 0 Å². The summed E-state index contributed by atoms with van der Waals surface area (Å²) in [6.07, 6.45) is 1.81. The van der Waals surface area contributed by atoms with Gasteiger partial charge in [-0.15, -0.1) is 0 Å². The molecule has 164 valence electrons. The maximum Gasteiger partial charge on any atom is 0.254 e. The number of carbonyl (C=O) groups is 1. The molecule has 4 rings (SSSR count). The van der Waals surface area contributed by atoms with Crippen LogP contribution in [0.5, 0.6) is 5.75 Å².